The van der Waals surface area contributed by atoms with Crippen LogP contribution < -0.4 is 0 Å². The zero-order valence-corrected chi connectivity index (χ0v) is 12.6. The lowest BCUT2D eigenvalue weighted by Gasteiger charge is -2.41. The Bertz CT molecular complexity index is 316. The van der Waals surface area contributed by atoms with E-state index in [1.54, 1.807) is 18.7 Å². The van der Waals surface area contributed by atoms with Crippen LogP contribution in [0.2, 0.25) is 0 Å². The summed E-state index contributed by atoms with van der Waals surface area (Å²) in [6.07, 6.45) is 5.01. The predicted molar refractivity (Wildman–Crippen MR) is 75.9 cm³/mol. The van der Waals surface area contributed by atoms with Crippen LogP contribution in [0.1, 0.15) is 40.0 Å². The Morgan fingerprint density at radius 1 is 1.56 bits per heavy atom. The van der Waals surface area contributed by atoms with Gasteiger partial charge < -0.3 is 9.47 Å². The van der Waals surface area contributed by atoms with Crippen molar-refractivity contribution >= 4 is 17.7 Å². The molecule has 0 heterocycles. The molecule has 0 N–H and O–H groups in total. The topological polar surface area (TPSA) is 35.5 Å². The normalized spacial score (nSPS) is 32.0. The van der Waals surface area contributed by atoms with Gasteiger partial charge in [0.05, 0.1) is 6.10 Å². The minimum absolute atomic E-state index is 0.279. The van der Waals surface area contributed by atoms with Crippen molar-refractivity contribution in [2.75, 3.05) is 12.9 Å². The third-order valence-electron chi connectivity index (χ3n) is 3.38. The van der Waals surface area contributed by atoms with Gasteiger partial charge in [-0.2, -0.15) is 11.8 Å². The van der Waals surface area contributed by atoms with E-state index in [0.717, 1.165) is 25.9 Å². The second-order valence-electron chi connectivity index (χ2n) is 5.13. The van der Waals surface area contributed by atoms with Crippen LogP contribution in [0.3, 0.4) is 0 Å². The van der Waals surface area contributed by atoms with Crippen LogP contribution in [0.5, 0.6) is 0 Å². The van der Waals surface area contributed by atoms with E-state index in [9.17, 15) is 4.79 Å². The van der Waals surface area contributed by atoms with E-state index in [1.165, 1.54) is 0 Å². The second kappa shape index (κ2) is 6.62. The molecule has 4 heteroatoms. The number of esters is 1. The van der Waals surface area contributed by atoms with E-state index < -0.39 is 0 Å². The Labute approximate surface area is 114 Å². The molecule has 1 rings (SSSR count). The van der Waals surface area contributed by atoms with Crippen molar-refractivity contribution in [2.45, 2.75) is 57.0 Å². The summed E-state index contributed by atoms with van der Waals surface area (Å²) < 4.78 is 11.3. The SMILES string of the molecule is C=C(C)C(=O)OC1(C)CCC(OCC)C(SC)C1. The van der Waals surface area contributed by atoms with Gasteiger partial charge in [-0.3, -0.25) is 0 Å². The molecular formula is C14H24O3S. The first-order valence-electron chi connectivity index (χ1n) is 6.45. The lowest BCUT2D eigenvalue weighted by atomic mass is 9.84. The average Bonchev–Trinajstić information content (AvgIpc) is 2.31. The molecule has 1 aliphatic rings. The molecule has 0 radical (unpaired) electrons. The summed E-state index contributed by atoms with van der Waals surface area (Å²) in [5.41, 5.74) is 0.0842. The van der Waals surface area contributed by atoms with Crippen LogP contribution in [-0.2, 0) is 14.3 Å². The fraction of sp³-hybridized carbons (Fsp3) is 0.786. The summed E-state index contributed by atoms with van der Waals surface area (Å²) in [5.74, 6) is -0.285. The molecule has 104 valence electrons. The maximum atomic E-state index is 11.7. The highest BCUT2D eigenvalue weighted by atomic mass is 32.2. The second-order valence-corrected chi connectivity index (χ2v) is 6.21. The van der Waals surface area contributed by atoms with Gasteiger partial charge in [0.2, 0.25) is 0 Å². The van der Waals surface area contributed by atoms with Gasteiger partial charge in [0.15, 0.2) is 0 Å². The van der Waals surface area contributed by atoms with Crippen molar-refractivity contribution < 1.29 is 14.3 Å². The summed E-state index contributed by atoms with van der Waals surface area (Å²) in [4.78, 5) is 11.7. The van der Waals surface area contributed by atoms with Crippen molar-refractivity contribution in [3.05, 3.63) is 12.2 Å². The highest BCUT2D eigenvalue weighted by Crippen LogP contribution is 2.38. The largest absolute Gasteiger partial charge is 0.456 e. The van der Waals surface area contributed by atoms with Crippen LogP contribution >= 0.6 is 11.8 Å². The Kier molecular flexibility index (Phi) is 5.73. The molecule has 0 amide bonds. The summed E-state index contributed by atoms with van der Waals surface area (Å²) in [5, 5.41) is 0.390. The molecule has 1 aliphatic carbocycles. The van der Waals surface area contributed by atoms with Gasteiger partial charge in [0.25, 0.3) is 0 Å². The van der Waals surface area contributed by atoms with Gasteiger partial charge in [-0.1, -0.05) is 6.58 Å². The fourth-order valence-electron chi connectivity index (χ4n) is 2.34. The molecule has 1 saturated carbocycles. The van der Waals surface area contributed by atoms with Crippen molar-refractivity contribution in [2.24, 2.45) is 0 Å². The number of ether oxygens (including phenoxy) is 2. The van der Waals surface area contributed by atoms with Gasteiger partial charge >= 0.3 is 5.97 Å². The van der Waals surface area contributed by atoms with Crippen LogP contribution in [0.25, 0.3) is 0 Å². The molecule has 0 aliphatic heterocycles. The molecular weight excluding hydrogens is 248 g/mol. The van der Waals surface area contributed by atoms with E-state index >= 15 is 0 Å². The smallest absolute Gasteiger partial charge is 0.333 e. The Morgan fingerprint density at radius 2 is 2.22 bits per heavy atom. The molecule has 0 bridgehead atoms. The maximum absolute atomic E-state index is 11.7. The summed E-state index contributed by atoms with van der Waals surface area (Å²) in [7, 11) is 0. The Hall–Kier alpha value is -0.480. The first kappa shape index (κ1) is 15.6. The van der Waals surface area contributed by atoms with Gasteiger partial charge in [-0.05, 0) is 39.9 Å². The summed E-state index contributed by atoms with van der Waals surface area (Å²) in [6, 6.07) is 0. The highest BCUT2D eigenvalue weighted by molar-refractivity contribution is 7.99. The van der Waals surface area contributed by atoms with E-state index in [2.05, 4.69) is 12.8 Å². The Morgan fingerprint density at radius 3 is 2.72 bits per heavy atom. The molecule has 0 saturated heterocycles. The zero-order valence-electron chi connectivity index (χ0n) is 11.8. The van der Waals surface area contributed by atoms with Gasteiger partial charge in [-0.15, -0.1) is 0 Å². The zero-order chi connectivity index (χ0) is 13.8. The first-order chi connectivity index (χ1) is 8.41. The number of hydrogen-bond donors (Lipinski definition) is 0. The molecule has 18 heavy (non-hydrogen) atoms. The van der Waals surface area contributed by atoms with Crippen LogP contribution in [0, 0.1) is 0 Å². The number of carbonyl (C=O) groups excluding carboxylic acids is 1. The van der Waals surface area contributed by atoms with Crippen LogP contribution in [0.4, 0.5) is 0 Å². The highest BCUT2D eigenvalue weighted by Gasteiger charge is 2.40. The number of rotatable bonds is 5. The quantitative estimate of drug-likeness (QED) is 0.569. The minimum Gasteiger partial charge on any atom is -0.456 e. The molecule has 1 fully saturated rings. The van der Waals surface area contributed by atoms with Gasteiger partial charge in [0, 0.05) is 23.9 Å². The third kappa shape index (κ3) is 4.02. The predicted octanol–water partition coefficient (Wildman–Crippen LogP) is 3.19. The van der Waals surface area contributed by atoms with Crippen LogP contribution in [-0.4, -0.2) is 35.8 Å². The van der Waals surface area contributed by atoms with E-state index in [1.807, 2.05) is 13.8 Å². The third-order valence-corrected chi connectivity index (χ3v) is 4.45. The monoisotopic (exact) mass is 272 g/mol. The van der Waals surface area contributed by atoms with Gasteiger partial charge in [-0.25, -0.2) is 4.79 Å². The van der Waals surface area contributed by atoms with Crippen molar-refractivity contribution in [1.82, 2.24) is 0 Å². The number of carbonyl (C=O) groups is 1. The van der Waals surface area contributed by atoms with Gasteiger partial charge in [0.1, 0.15) is 5.60 Å². The minimum atomic E-state index is -0.378. The molecule has 0 aromatic carbocycles. The molecule has 0 aromatic heterocycles. The molecule has 3 nitrogen and oxygen atoms in total. The van der Waals surface area contributed by atoms with E-state index in [-0.39, 0.29) is 17.7 Å². The standard InChI is InChI=1S/C14H24O3S/c1-6-16-11-7-8-14(4,9-12(11)18-5)17-13(15)10(2)3/h11-12H,2,6-9H2,1,3-5H3. The summed E-state index contributed by atoms with van der Waals surface area (Å²) in [6.45, 7) is 10.1. The van der Waals surface area contributed by atoms with Crippen molar-refractivity contribution in [3.63, 3.8) is 0 Å². The molecule has 0 spiro atoms. The molecule has 3 atom stereocenters. The lowest BCUT2D eigenvalue weighted by molar-refractivity contribution is -0.158. The van der Waals surface area contributed by atoms with Crippen LogP contribution in [0.15, 0.2) is 12.2 Å². The first-order valence-corrected chi connectivity index (χ1v) is 7.74. The molecule has 3 unspecified atom stereocenters. The van der Waals surface area contributed by atoms with Crippen molar-refractivity contribution in [1.29, 1.82) is 0 Å². The summed E-state index contributed by atoms with van der Waals surface area (Å²) >= 11 is 1.79. The fourth-order valence-corrected chi connectivity index (χ4v) is 3.37. The number of thioether (sulfide) groups is 1. The maximum Gasteiger partial charge on any atom is 0.333 e. The average molecular weight is 272 g/mol. The lowest BCUT2D eigenvalue weighted by Crippen LogP contribution is -2.45. The van der Waals surface area contributed by atoms with E-state index in [4.69, 9.17) is 9.47 Å². The van der Waals surface area contributed by atoms with E-state index in [0.29, 0.717) is 10.8 Å². The van der Waals surface area contributed by atoms with Crippen molar-refractivity contribution in [3.8, 4) is 0 Å². The Balaban J connectivity index is 2.65. The molecule has 0 aromatic rings. The number of hydrogen-bond acceptors (Lipinski definition) is 4.